The van der Waals surface area contributed by atoms with Gasteiger partial charge in [-0.15, -0.1) is 0 Å². The summed E-state index contributed by atoms with van der Waals surface area (Å²) in [6.07, 6.45) is 12.5. The number of aryl methyl sites for hydroxylation is 1. The fourth-order valence-electron chi connectivity index (χ4n) is 2.80. The Morgan fingerprint density at radius 3 is 2.35 bits per heavy atom. The summed E-state index contributed by atoms with van der Waals surface area (Å²) in [6.45, 7) is 4.47. The summed E-state index contributed by atoms with van der Waals surface area (Å²) in [5.41, 5.74) is 2.88. The summed E-state index contributed by atoms with van der Waals surface area (Å²) < 4.78 is 0. The zero-order valence-corrected chi connectivity index (χ0v) is 14.9. The van der Waals surface area contributed by atoms with Crippen LogP contribution in [0.4, 0.5) is 0 Å². The second-order valence-electron chi connectivity index (χ2n) is 6.12. The number of alkyl halides is 1. The summed E-state index contributed by atoms with van der Waals surface area (Å²) in [4.78, 5) is 0. The highest BCUT2D eigenvalue weighted by Crippen LogP contribution is 2.19. The van der Waals surface area contributed by atoms with E-state index < -0.39 is 0 Å². The summed E-state index contributed by atoms with van der Waals surface area (Å²) in [7, 11) is 0. The minimum atomic E-state index is 0.799. The van der Waals surface area contributed by atoms with Gasteiger partial charge in [-0.2, -0.15) is 0 Å². The summed E-state index contributed by atoms with van der Waals surface area (Å²) in [5.74, 6) is 0.799. The van der Waals surface area contributed by atoms with E-state index in [4.69, 9.17) is 0 Å². The van der Waals surface area contributed by atoms with Gasteiger partial charge in [0.1, 0.15) is 0 Å². The van der Waals surface area contributed by atoms with Crippen LogP contribution in [0.3, 0.4) is 0 Å². The molecule has 0 aliphatic heterocycles. The van der Waals surface area contributed by atoms with Crippen molar-refractivity contribution < 1.29 is 0 Å². The SMILES string of the molecule is CCCCCCCCCC(CBr)Cc1cccc(C)c1. The average Bonchev–Trinajstić information content (AvgIpc) is 2.45. The lowest BCUT2D eigenvalue weighted by atomic mass is 9.94. The van der Waals surface area contributed by atoms with E-state index in [1.54, 1.807) is 0 Å². The lowest BCUT2D eigenvalue weighted by molar-refractivity contribution is 0.487. The monoisotopic (exact) mass is 338 g/mol. The molecule has 1 heteroatoms. The van der Waals surface area contributed by atoms with Crippen molar-refractivity contribution in [3.8, 4) is 0 Å². The molecule has 114 valence electrons. The van der Waals surface area contributed by atoms with Gasteiger partial charge in [-0.25, -0.2) is 0 Å². The number of halogens is 1. The van der Waals surface area contributed by atoms with E-state index in [0.29, 0.717) is 0 Å². The molecule has 0 aliphatic carbocycles. The Kier molecular flexibility index (Phi) is 10.1. The molecule has 0 saturated heterocycles. The number of unbranched alkanes of at least 4 members (excludes halogenated alkanes) is 6. The van der Waals surface area contributed by atoms with Crippen LogP contribution in [0.1, 0.15) is 69.4 Å². The fraction of sp³-hybridized carbons (Fsp3) is 0.684. The van der Waals surface area contributed by atoms with Crippen LogP contribution >= 0.6 is 15.9 Å². The Morgan fingerprint density at radius 2 is 1.70 bits per heavy atom. The van der Waals surface area contributed by atoms with Crippen molar-refractivity contribution in [1.82, 2.24) is 0 Å². The van der Waals surface area contributed by atoms with Crippen molar-refractivity contribution in [2.75, 3.05) is 5.33 Å². The van der Waals surface area contributed by atoms with E-state index in [9.17, 15) is 0 Å². The largest absolute Gasteiger partial charge is 0.0925 e. The van der Waals surface area contributed by atoms with E-state index in [-0.39, 0.29) is 0 Å². The highest BCUT2D eigenvalue weighted by Gasteiger charge is 2.08. The highest BCUT2D eigenvalue weighted by atomic mass is 79.9. The third-order valence-electron chi connectivity index (χ3n) is 4.04. The molecule has 1 unspecified atom stereocenters. The summed E-state index contributed by atoms with van der Waals surface area (Å²) in [5, 5.41) is 1.14. The molecule has 0 fully saturated rings. The van der Waals surface area contributed by atoms with Gasteiger partial charge in [0.05, 0.1) is 0 Å². The molecule has 1 atom stereocenters. The van der Waals surface area contributed by atoms with Crippen LogP contribution in [0, 0.1) is 12.8 Å². The predicted molar refractivity (Wildman–Crippen MR) is 94.8 cm³/mol. The molecular formula is C19H31Br. The van der Waals surface area contributed by atoms with Gasteiger partial charge in [-0.3, -0.25) is 0 Å². The van der Waals surface area contributed by atoms with Crippen LogP contribution in [0.25, 0.3) is 0 Å². The van der Waals surface area contributed by atoms with Crippen molar-refractivity contribution in [3.63, 3.8) is 0 Å². The Morgan fingerprint density at radius 1 is 1.00 bits per heavy atom. The van der Waals surface area contributed by atoms with Gasteiger partial charge in [0, 0.05) is 5.33 Å². The molecule has 1 aromatic carbocycles. The molecule has 1 aromatic rings. The summed E-state index contributed by atoms with van der Waals surface area (Å²) in [6, 6.07) is 8.97. The fourth-order valence-corrected chi connectivity index (χ4v) is 3.35. The third kappa shape index (κ3) is 8.09. The molecule has 0 N–H and O–H groups in total. The number of hydrogen-bond donors (Lipinski definition) is 0. The zero-order valence-electron chi connectivity index (χ0n) is 13.3. The van der Waals surface area contributed by atoms with Gasteiger partial charge in [-0.05, 0) is 31.2 Å². The normalized spacial score (nSPS) is 12.6. The van der Waals surface area contributed by atoms with Crippen LogP contribution < -0.4 is 0 Å². The van der Waals surface area contributed by atoms with E-state index in [1.165, 1.54) is 68.9 Å². The Balaban J connectivity index is 2.16. The first-order valence-corrected chi connectivity index (χ1v) is 9.50. The second kappa shape index (κ2) is 11.4. The van der Waals surface area contributed by atoms with Gasteiger partial charge < -0.3 is 0 Å². The van der Waals surface area contributed by atoms with E-state index in [0.717, 1.165) is 11.2 Å². The first-order valence-electron chi connectivity index (χ1n) is 8.37. The smallest absolute Gasteiger partial charge is 0.00628 e. The van der Waals surface area contributed by atoms with Gasteiger partial charge in [-0.1, -0.05) is 97.6 Å². The van der Waals surface area contributed by atoms with Crippen molar-refractivity contribution in [2.24, 2.45) is 5.92 Å². The Bertz CT molecular complexity index is 345. The lowest BCUT2D eigenvalue weighted by Gasteiger charge is -2.14. The maximum absolute atomic E-state index is 3.70. The van der Waals surface area contributed by atoms with Gasteiger partial charge >= 0.3 is 0 Å². The minimum Gasteiger partial charge on any atom is -0.0925 e. The van der Waals surface area contributed by atoms with Crippen LogP contribution in [0.15, 0.2) is 24.3 Å². The van der Waals surface area contributed by atoms with Crippen molar-refractivity contribution in [1.29, 1.82) is 0 Å². The maximum Gasteiger partial charge on any atom is 0.00628 e. The number of hydrogen-bond acceptors (Lipinski definition) is 0. The molecule has 1 rings (SSSR count). The third-order valence-corrected chi connectivity index (χ3v) is 4.96. The molecule has 20 heavy (non-hydrogen) atoms. The predicted octanol–water partition coefficient (Wildman–Crippen LogP) is 6.69. The van der Waals surface area contributed by atoms with Crippen molar-refractivity contribution in [2.45, 2.75) is 71.6 Å². The molecule has 0 amide bonds. The molecule has 0 spiro atoms. The quantitative estimate of drug-likeness (QED) is 0.311. The van der Waals surface area contributed by atoms with E-state index in [2.05, 4.69) is 54.0 Å². The van der Waals surface area contributed by atoms with E-state index in [1.807, 2.05) is 0 Å². The van der Waals surface area contributed by atoms with Crippen LogP contribution in [0.5, 0.6) is 0 Å². The average molecular weight is 339 g/mol. The van der Waals surface area contributed by atoms with Crippen LogP contribution in [-0.2, 0) is 6.42 Å². The van der Waals surface area contributed by atoms with Gasteiger partial charge in [0.25, 0.3) is 0 Å². The van der Waals surface area contributed by atoms with E-state index >= 15 is 0 Å². The van der Waals surface area contributed by atoms with Crippen LogP contribution in [-0.4, -0.2) is 5.33 Å². The molecule has 0 aromatic heterocycles. The molecule has 0 bridgehead atoms. The standard InChI is InChI=1S/C19H31Br/c1-3-4-5-6-7-8-9-12-19(16-20)15-18-13-10-11-17(2)14-18/h10-11,13-14,19H,3-9,12,15-16H2,1-2H3. The second-order valence-corrected chi connectivity index (χ2v) is 6.77. The van der Waals surface area contributed by atoms with Gasteiger partial charge in [0.15, 0.2) is 0 Å². The lowest BCUT2D eigenvalue weighted by Crippen LogP contribution is -2.06. The first-order chi connectivity index (χ1) is 9.76. The number of rotatable bonds is 11. The first kappa shape index (κ1) is 17.8. The Hall–Kier alpha value is -0.300. The highest BCUT2D eigenvalue weighted by molar-refractivity contribution is 9.09. The molecule has 0 aliphatic rings. The Labute approximate surface area is 134 Å². The molecule has 0 saturated carbocycles. The maximum atomic E-state index is 3.70. The van der Waals surface area contributed by atoms with Crippen molar-refractivity contribution >= 4 is 15.9 Å². The summed E-state index contributed by atoms with van der Waals surface area (Å²) >= 11 is 3.70. The minimum absolute atomic E-state index is 0.799. The molecule has 0 nitrogen and oxygen atoms in total. The molecule has 0 heterocycles. The molecule has 0 radical (unpaired) electrons. The topological polar surface area (TPSA) is 0 Å². The zero-order chi connectivity index (χ0) is 14.6. The van der Waals surface area contributed by atoms with Crippen LogP contribution in [0.2, 0.25) is 0 Å². The van der Waals surface area contributed by atoms with Crippen molar-refractivity contribution in [3.05, 3.63) is 35.4 Å². The number of benzene rings is 1. The molecular weight excluding hydrogens is 308 g/mol. The van der Waals surface area contributed by atoms with Gasteiger partial charge in [0.2, 0.25) is 0 Å².